The van der Waals surface area contributed by atoms with Crippen molar-refractivity contribution in [2.24, 2.45) is 0 Å². The Morgan fingerprint density at radius 3 is 2.60 bits per heavy atom. The minimum atomic E-state index is -0.745. The van der Waals surface area contributed by atoms with Crippen LogP contribution in [0.5, 0.6) is 0 Å². The second-order valence-electron chi connectivity index (χ2n) is 4.31. The number of nitrogens with zero attached hydrogens (tertiary/aromatic N) is 1. The van der Waals surface area contributed by atoms with Crippen LogP contribution in [0, 0.1) is 0 Å². The molecule has 1 saturated carbocycles. The predicted molar refractivity (Wildman–Crippen MR) is 57.9 cm³/mol. The molecule has 1 rings (SSSR count). The summed E-state index contributed by atoms with van der Waals surface area (Å²) < 4.78 is 5.19. The van der Waals surface area contributed by atoms with Gasteiger partial charge in [0.25, 0.3) is 0 Å². The third-order valence-electron chi connectivity index (χ3n) is 3.07. The molecule has 88 valence electrons. The van der Waals surface area contributed by atoms with Gasteiger partial charge in [0.1, 0.15) is 0 Å². The molecule has 0 radical (unpaired) electrons. The van der Waals surface area contributed by atoms with Gasteiger partial charge in [-0.15, -0.1) is 0 Å². The van der Waals surface area contributed by atoms with E-state index in [1.807, 2.05) is 11.8 Å². The zero-order valence-electron chi connectivity index (χ0n) is 9.61. The molecule has 1 unspecified atom stereocenters. The van der Waals surface area contributed by atoms with Crippen LogP contribution in [-0.2, 0) is 9.53 Å². The topological polar surface area (TPSA) is 49.8 Å². The van der Waals surface area contributed by atoms with Crippen LogP contribution in [-0.4, -0.2) is 48.3 Å². The Hall–Kier alpha value is -0.610. The maximum absolute atomic E-state index is 10.8. The Morgan fingerprint density at radius 2 is 2.13 bits per heavy atom. The Morgan fingerprint density at radius 1 is 1.53 bits per heavy atom. The molecule has 0 bridgehead atoms. The van der Waals surface area contributed by atoms with Crippen molar-refractivity contribution in [2.45, 2.75) is 44.8 Å². The zero-order valence-corrected chi connectivity index (χ0v) is 9.61. The highest BCUT2D eigenvalue weighted by Gasteiger charge is 2.25. The number of ether oxygens (including phenoxy) is 1. The van der Waals surface area contributed by atoms with E-state index in [0.29, 0.717) is 12.6 Å². The fraction of sp³-hybridized carbons (Fsp3) is 0.909. The lowest BCUT2D eigenvalue weighted by Gasteiger charge is -2.29. The van der Waals surface area contributed by atoms with Crippen LogP contribution in [0.2, 0.25) is 0 Å². The van der Waals surface area contributed by atoms with E-state index in [1.165, 1.54) is 12.8 Å². The Labute approximate surface area is 91.2 Å². The molecule has 0 aromatic heterocycles. The minimum absolute atomic E-state index is 0.102. The molecule has 1 fully saturated rings. The number of aliphatic carboxylic acids is 1. The van der Waals surface area contributed by atoms with Gasteiger partial charge in [0.2, 0.25) is 0 Å². The number of hydrogen-bond acceptors (Lipinski definition) is 3. The van der Waals surface area contributed by atoms with Crippen molar-refractivity contribution in [1.29, 1.82) is 0 Å². The van der Waals surface area contributed by atoms with E-state index < -0.39 is 5.97 Å². The molecule has 1 N–H and O–H groups in total. The fourth-order valence-corrected chi connectivity index (χ4v) is 2.19. The summed E-state index contributed by atoms with van der Waals surface area (Å²) in [6.07, 6.45) is 4.81. The third kappa shape index (κ3) is 4.18. The smallest absolute Gasteiger partial charge is 0.317 e. The average Bonchev–Trinajstić information content (AvgIpc) is 2.68. The quantitative estimate of drug-likeness (QED) is 0.726. The van der Waals surface area contributed by atoms with Crippen LogP contribution >= 0.6 is 0 Å². The molecular weight excluding hydrogens is 194 g/mol. The molecule has 1 aliphatic rings. The largest absolute Gasteiger partial charge is 0.480 e. The second-order valence-corrected chi connectivity index (χ2v) is 4.31. The molecule has 0 aromatic carbocycles. The van der Waals surface area contributed by atoms with Gasteiger partial charge in [-0.2, -0.15) is 0 Å². The van der Waals surface area contributed by atoms with Gasteiger partial charge in [-0.25, -0.2) is 0 Å². The fourth-order valence-electron chi connectivity index (χ4n) is 2.19. The first-order valence-corrected chi connectivity index (χ1v) is 5.62. The number of carbonyl (C=O) groups is 1. The average molecular weight is 215 g/mol. The first kappa shape index (κ1) is 12.5. The second kappa shape index (κ2) is 6.08. The molecule has 0 heterocycles. The first-order chi connectivity index (χ1) is 7.13. The predicted octanol–water partition coefficient (Wildman–Crippen LogP) is 1.35. The molecule has 15 heavy (non-hydrogen) atoms. The van der Waals surface area contributed by atoms with E-state index in [2.05, 4.69) is 0 Å². The van der Waals surface area contributed by atoms with Crippen molar-refractivity contribution in [2.75, 3.05) is 20.2 Å². The van der Waals surface area contributed by atoms with Crippen molar-refractivity contribution in [3.05, 3.63) is 0 Å². The molecule has 0 spiro atoms. The summed E-state index contributed by atoms with van der Waals surface area (Å²) in [6, 6.07) is 0.443. The van der Waals surface area contributed by atoms with E-state index in [1.54, 1.807) is 7.11 Å². The summed E-state index contributed by atoms with van der Waals surface area (Å²) in [5, 5.41) is 8.85. The number of methoxy groups -OCH3 is 1. The summed E-state index contributed by atoms with van der Waals surface area (Å²) >= 11 is 0. The van der Waals surface area contributed by atoms with Crippen LogP contribution in [0.4, 0.5) is 0 Å². The summed E-state index contributed by atoms with van der Waals surface area (Å²) in [7, 11) is 1.66. The Balaban J connectivity index is 2.47. The molecular formula is C11H21NO3. The molecule has 0 aromatic rings. The number of carboxylic acids is 1. The van der Waals surface area contributed by atoms with Gasteiger partial charge in [0.15, 0.2) is 0 Å². The van der Waals surface area contributed by atoms with Gasteiger partial charge in [-0.05, 0) is 19.8 Å². The first-order valence-electron chi connectivity index (χ1n) is 5.62. The van der Waals surface area contributed by atoms with Crippen molar-refractivity contribution in [3.8, 4) is 0 Å². The maximum Gasteiger partial charge on any atom is 0.317 e. The van der Waals surface area contributed by atoms with Crippen LogP contribution < -0.4 is 0 Å². The lowest BCUT2D eigenvalue weighted by molar-refractivity contribution is -0.139. The monoisotopic (exact) mass is 215 g/mol. The summed E-state index contributed by atoms with van der Waals surface area (Å²) in [5.41, 5.74) is 0. The summed E-state index contributed by atoms with van der Waals surface area (Å²) in [5.74, 6) is -0.745. The van der Waals surface area contributed by atoms with Crippen LogP contribution in [0.25, 0.3) is 0 Å². The zero-order chi connectivity index (χ0) is 11.3. The van der Waals surface area contributed by atoms with E-state index in [4.69, 9.17) is 9.84 Å². The minimum Gasteiger partial charge on any atom is -0.480 e. The van der Waals surface area contributed by atoms with E-state index in [0.717, 1.165) is 12.8 Å². The number of hydrogen-bond donors (Lipinski definition) is 1. The highest BCUT2D eigenvalue weighted by Crippen LogP contribution is 2.23. The Kier molecular flexibility index (Phi) is 5.05. The maximum atomic E-state index is 10.8. The Bertz CT molecular complexity index is 202. The number of carboxylic acid groups (broad SMARTS) is 1. The van der Waals surface area contributed by atoms with Gasteiger partial charge in [-0.1, -0.05) is 12.8 Å². The van der Waals surface area contributed by atoms with Crippen LogP contribution in [0.3, 0.4) is 0 Å². The van der Waals surface area contributed by atoms with Gasteiger partial charge in [0.05, 0.1) is 12.6 Å². The van der Waals surface area contributed by atoms with Crippen LogP contribution in [0.15, 0.2) is 0 Å². The molecule has 4 nitrogen and oxygen atoms in total. The summed E-state index contributed by atoms with van der Waals surface area (Å²) in [6.45, 7) is 2.83. The van der Waals surface area contributed by atoms with Gasteiger partial charge in [0, 0.05) is 19.7 Å². The van der Waals surface area contributed by atoms with Crippen molar-refractivity contribution >= 4 is 5.97 Å². The molecule has 0 saturated heterocycles. The van der Waals surface area contributed by atoms with Crippen molar-refractivity contribution in [3.63, 3.8) is 0 Å². The van der Waals surface area contributed by atoms with Gasteiger partial charge >= 0.3 is 5.97 Å². The van der Waals surface area contributed by atoms with E-state index in [9.17, 15) is 4.79 Å². The summed E-state index contributed by atoms with van der Waals surface area (Å²) in [4.78, 5) is 12.8. The molecule has 4 heteroatoms. The molecule has 1 aliphatic carbocycles. The van der Waals surface area contributed by atoms with Crippen molar-refractivity contribution < 1.29 is 14.6 Å². The number of rotatable bonds is 6. The standard InChI is InChI=1S/C11H21NO3/c1-9(15-2)7-12(8-11(13)14)10-5-3-4-6-10/h9-10H,3-8H2,1-2H3,(H,13,14). The lowest BCUT2D eigenvalue weighted by atomic mass is 10.2. The van der Waals surface area contributed by atoms with Crippen LogP contribution in [0.1, 0.15) is 32.6 Å². The van der Waals surface area contributed by atoms with Crippen molar-refractivity contribution in [1.82, 2.24) is 4.90 Å². The SMILES string of the molecule is COC(C)CN(CC(=O)O)C1CCCC1. The highest BCUT2D eigenvalue weighted by molar-refractivity contribution is 5.69. The molecule has 0 amide bonds. The van der Waals surface area contributed by atoms with Gasteiger partial charge in [-0.3, -0.25) is 9.69 Å². The normalized spacial score (nSPS) is 19.7. The highest BCUT2D eigenvalue weighted by atomic mass is 16.5. The molecule has 1 atom stereocenters. The lowest BCUT2D eigenvalue weighted by Crippen LogP contribution is -2.42. The molecule has 0 aliphatic heterocycles. The van der Waals surface area contributed by atoms with Gasteiger partial charge < -0.3 is 9.84 Å². The third-order valence-corrected chi connectivity index (χ3v) is 3.07. The van der Waals surface area contributed by atoms with E-state index in [-0.39, 0.29) is 12.6 Å². The van der Waals surface area contributed by atoms with E-state index >= 15 is 0 Å².